The molecule has 124 valence electrons. The summed E-state index contributed by atoms with van der Waals surface area (Å²) in [5.41, 5.74) is 7.30. The van der Waals surface area contributed by atoms with Gasteiger partial charge in [0.25, 0.3) is 0 Å². The van der Waals surface area contributed by atoms with Gasteiger partial charge in [-0.2, -0.15) is 5.26 Å². The molecule has 3 heteroatoms. The number of aromatic nitrogens is 1. The van der Waals surface area contributed by atoms with Crippen LogP contribution in [0.2, 0.25) is 0 Å². The predicted octanol–water partition coefficient (Wildman–Crippen LogP) is 6.23. The molecule has 0 radical (unpaired) electrons. The Labute approximate surface area is 157 Å². The highest BCUT2D eigenvalue weighted by atomic mass is 79.9. The van der Waals surface area contributed by atoms with Crippen molar-refractivity contribution < 1.29 is 0 Å². The van der Waals surface area contributed by atoms with Gasteiger partial charge in [0, 0.05) is 21.5 Å². The number of nitriles is 1. The Hall–Kier alpha value is -2.57. The molecule has 25 heavy (non-hydrogen) atoms. The maximum atomic E-state index is 9.61. The van der Waals surface area contributed by atoms with E-state index in [2.05, 4.69) is 77.7 Å². The molecule has 0 fully saturated rings. The van der Waals surface area contributed by atoms with Crippen LogP contribution < -0.4 is 0 Å². The van der Waals surface area contributed by atoms with Gasteiger partial charge < -0.3 is 4.57 Å². The molecule has 0 aliphatic rings. The fraction of sp³-hybridized carbons (Fsp3) is 0.136. The quantitative estimate of drug-likeness (QED) is 0.487. The molecule has 0 saturated carbocycles. The molecular formula is C22H19BrN2. The van der Waals surface area contributed by atoms with Gasteiger partial charge in [0.1, 0.15) is 0 Å². The molecule has 0 aliphatic carbocycles. The van der Waals surface area contributed by atoms with Crippen LogP contribution in [0.3, 0.4) is 0 Å². The number of allylic oxidation sites excluding steroid dienone is 1. The fourth-order valence-corrected chi connectivity index (χ4v) is 3.49. The molecule has 2 aromatic carbocycles. The summed E-state index contributed by atoms with van der Waals surface area (Å²) in [5, 5.41) is 9.61. The summed E-state index contributed by atoms with van der Waals surface area (Å²) in [6.45, 7) is 6.29. The van der Waals surface area contributed by atoms with Gasteiger partial charge in [0.05, 0.1) is 11.6 Å². The van der Waals surface area contributed by atoms with Crippen LogP contribution in [-0.4, -0.2) is 4.57 Å². The van der Waals surface area contributed by atoms with Crippen molar-refractivity contribution in [2.75, 3.05) is 0 Å². The van der Waals surface area contributed by atoms with E-state index in [-0.39, 0.29) is 0 Å². The zero-order valence-electron chi connectivity index (χ0n) is 14.5. The van der Waals surface area contributed by atoms with E-state index >= 15 is 0 Å². The Kier molecular flexibility index (Phi) is 4.92. The molecular weight excluding hydrogens is 372 g/mol. The van der Waals surface area contributed by atoms with Crippen LogP contribution in [0.15, 0.2) is 59.1 Å². The lowest BCUT2D eigenvalue weighted by atomic mass is 10.0. The van der Waals surface area contributed by atoms with Gasteiger partial charge in [-0.3, -0.25) is 0 Å². The first-order valence-electron chi connectivity index (χ1n) is 8.13. The van der Waals surface area contributed by atoms with Gasteiger partial charge in [-0.05, 0) is 73.9 Å². The van der Waals surface area contributed by atoms with Crippen molar-refractivity contribution in [1.29, 1.82) is 5.26 Å². The maximum Gasteiger partial charge on any atom is 0.0998 e. The minimum absolute atomic E-state index is 0.658. The third-order valence-electron chi connectivity index (χ3n) is 4.29. The van der Waals surface area contributed by atoms with Gasteiger partial charge in [-0.25, -0.2) is 0 Å². The molecule has 0 bridgehead atoms. The first kappa shape index (κ1) is 17.3. The summed E-state index contributed by atoms with van der Waals surface area (Å²) in [5.74, 6) is 0. The SMILES string of the molecule is Cc1cccc(-n2c(C)cc(/C=C(/C#N)c3cccc(Br)c3)c2C)c1. The van der Waals surface area contributed by atoms with Crippen LogP contribution in [0.5, 0.6) is 0 Å². The van der Waals surface area contributed by atoms with Crippen LogP contribution in [0.25, 0.3) is 17.3 Å². The fourth-order valence-electron chi connectivity index (χ4n) is 3.09. The number of halogens is 1. The highest BCUT2D eigenvalue weighted by Gasteiger charge is 2.11. The van der Waals surface area contributed by atoms with Crippen LogP contribution in [-0.2, 0) is 0 Å². The van der Waals surface area contributed by atoms with Crippen LogP contribution >= 0.6 is 15.9 Å². The van der Waals surface area contributed by atoms with Crippen molar-refractivity contribution in [1.82, 2.24) is 4.57 Å². The summed E-state index contributed by atoms with van der Waals surface area (Å²) >= 11 is 3.47. The molecule has 0 saturated heterocycles. The van der Waals surface area contributed by atoms with Gasteiger partial charge in [0.15, 0.2) is 0 Å². The number of rotatable bonds is 3. The lowest BCUT2D eigenvalue weighted by Gasteiger charge is -2.10. The van der Waals surface area contributed by atoms with Crippen molar-refractivity contribution in [2.45, 2.75) is 20.8 Å². The number of hydrogen-bond acceptors (Lipinski definition) is 1. The highest BCUT2D eigenvalue weighted by molar-refractivity contribution is 9.10. The third-order valence-corrected chi connectivity index (χ3v) is 4.78. The second kappa shape index (κ2) is 7.13. The Bertz CT molecular complexity index is 1000. The molecule has 0 atom stereocenters. The minimum atomic E-state index is 0.658. The zero-order valence-corrected chi connectivity index (χ0v) is 16.1. The standard InChI is InChI=1S/C22H19BrN2/c1-15-6-4-9-22(10-15)25-16(2)11-19(17(25)3)12-20(14-24)18-7-5-8-21(23)13-18/h4-13H,1-3H3/b20-12-. The highest BCUT2D eigenvalue weighted by Crippen LogP contribution is 2.26. The normalized spacial score (nSPS) is 11.4. The predicted molar refractivity (Wildman–Crippen MR) is 108 cm³/mol. The zero-order chi connectivity index (χ0) is 18.0. The molecule has 0 N–H and O–H groups in total. The summed E-state index contributed by atoms with van der Waals surface area (Å²) in [7, 11) is 0. The number of nitrogens with zero attached hydrogens (tertiary/aromatic N) is 2. The third kappa shape index (κ3) is 3.60. The lowest BCUT2D eigenvalue weighted by molar-refractivity contribution is 0.962. The Balaban J connectivity index is 2.10. The van der Waals surface area contributed by atoms with E-state index in [1.165, 1.54) is 5.56 Å². The first-order valence-corrected chi connectivity index (χ1v) is 8.92. The van der Waals surface area contributed by atoms with Crippen molar-refractivity contribution >= 4 is 27.6 Å². The summed E-state index contributed by atoms with van der Waals surface area (Å²) in [4.78, 5) is 0. The van der Waals surface area contributed by atoms with Gasteiger partial charge in [0.2, 0.25) is 0 Å². The minimum Gasteiger partial charge on any atom is -0.318 e. The van der Waals surface area contributed by atoms with E-state index in [0.29, 0.717) is 5.57 Å². The van der Waals surface area contributed by atoms with Crippen molar-refractivity contribution in [3.8, 4) is 11.8 Å². The van der Waals surface area contributed by atoms with Crippen LogP contribution in [0.1, 0.15) is 28.1 Å². The largest absolute Gasteiger partial charge is 0.318 e. The molecule has 3 aromatic rings. The van der Waals surface area contributed by atoms with Crippen LogP contribution in [0, 0.1) is 32.1 Å². The summed E-state index contributed by atoms with van der Waals surface area (Å²) in [6, 6.07) is 20.7. The Morgan fingerprint density at radius 3 is 2.48 bits per heavy atom. The molecule has 0 amide bonds. The molecule has 1 aromatic heterocycles. The smallest absolute Gasteiger partial charge is 0.0998 e. The van der Waals surface area contributed by atoms with Crippen molar-refractivity contribution in [2.24, 2.45) is 0 Å². The van der Waals surface area contributed by atoms with E-state index in [4.69, 9.17) is 0 Å². The van der Waals surface area contributed by atoms with E-state index in [1.807, 2.05) is 30.3 Å². The molecule has 1 heterocycles. The molecule has 0 aliphatic heterocycles. The molecule has 0 unspecified atom stereocenters. The van der Waals surface area contributed by atoms with Gasteiger partial charge in [-0.1, -0.05) is 40.2 Å². The van der Waals surface area contributed by atoms with E-state index in [9.17, 15) is 5.26 Å². The summed E-state index contributed by atoms with van der Waals surface area (Å²) in [6.07, 6.45) is 1.97. The average molecular weight is 391 g/mol. The van der Waals surface area contributed by atoms with Crippen LogP contribution in [0.4, 0.5) is 0 Å². The monoisotopic (exact) mass is 390 g/mol. The second-order valence-corrected chi connectivity index (χ2v) is 7.10. The van der Waals surface area contributed by atoms with Crippen molar-refractivity contribution in [3.05, 3.63) is 87.1 Å². The average Bonchev–Trinajstić information content (AvgIpc) is 2.86. The molecule has 3 rings (SSSR count). The van der Waals surface area contributed by atoms with Gasteiger partial charge >= 0.3 is 0 Å². The van der Waals surface area contributed by atoms with Crippen molar-refractivity contribution in [3.63, 3.8) is 0 Å². The molecule has 0 spiro atoms. The first-order chi connectivity index (χ1) is 12.0. The summed E-state index contributed by atoms with van der Waals surface area (Å²) < 4.78 is 3.20. The Morgan fingerprint density at radius 2 is 1.80 bits per heavy atom. The number of benzene rings is 2. The van der Waals surface area contributed by atoms with E-state index in [0.717, 1.165) is 32.7 Å². The van der Waals surface area contributed by atoms with E-state index in [1.54, 1.807) is 0 Å². The maximum absolute atomic E-state index is 9.61. The second-order valence-electron chi connectivity index (χ2n) is 6.18. The number of aryl methyl sites for hydroxylation is 2. The molecule has 2 nitrogen and oxygen atoms in total. The van der Waals surface area contributed by atoms with E-state index < -0.39 is 0 Å². The lowest BCUT2D eigenvalue weighted by Crippen LogP contribution is -1.99. The Morgan fingerprint density at radius 1 is 1.04 bits per heavy atom. The topological polar surface area (TPSA) is 28.7 Å². The number of hydrogen-bond donors (Lipinski definition) is 0. The van der Waals surface area contributed by atoms with Gasteiger partial charge in [-0.15, -0.1) is 0 Å².